The number of hydrogen-bond donors (Lipinski definition) is 1. The van der Waals surface area contributed by atoms with E-state index in [-0.39, 0.29) is 5.56 Å². The second-order valence-electron chi connectivity index (χ2n) is 4.00. The molecule has 3 rings (SSSR count). The molecule has 0 aliphatic rings. The molecular formula is C14H11N3OS. The van der Waals surface area contributed by atoms with Crippen molar-refractivity contribution in [1.29, 1.82) is 0 Å². The Morgan fingerprint density at radius 1 is 1.11 bits per heavy atom. The molecule has 94 valence electrons. The summed E-state index contributed by atoms with van der Waals surface area (Å²) in [6.45, 7) is 0. The SMILES string of the molecule is O=c1[nH]c(SCc2ccccn2)nc2ccccc12. The number of nitrogens with zero attached hydrogens (tertiary/aromatic N) is 2. The van der Waals surface area contributed by atoms with E-state index >= 15 is 0 Å². The van der Waals surface area contributed by atoms with Gasteiger partial charge in [-0.05, 0) is 24.3 Å². The van der Waals surface area contributed by atoms with E-state index in [4.69, 9.17) is 0 Å². The van der Waals surface area contributed by atoms with E-state index in [1.807, 2.05) is 36.4 Å². The van der Waals surface area contributed by atoms with Crippen LogP contribution in [0.5, 0.6) is 0 Å². The van der Waals surface area contributed by atoms with Crippen LogP contribution in [0.15, 0.2) is 58.6 Å². The van der Waals surface area contributed by atoms with Gasteiger partial charge in [0, 0.05) is 11.9 Å². The summed E-state index contributed by atoms with van der Waals surface area (Å²) in [5, 5.41) is 1.24. The smallest absolute Gasteiger partial charge is 0.259 e. The Bertz CT molecular complexity index is 755. The van der Waals surface area contributed by atoms with E-state index in [1.54, 1.807) is 12.3 Å². The molecule has 5 heteroatoms. The summed E-state index contributed by atoms with van der Waals surface area (Å²) in [6.07, 6.45) is 1.76. The number of hydrogen-bond acceptors (Lipinski definition) is 4. The van der Waals surface area contributed by atoms with Gasteiger partial charge < -0.3 is 4.98 Å². The van der Waals surface area contributed by atoms with Crippen LogP contribution < -0.4 is 5.56 Å². The zero-order valence-corrected chi connectivity index (χ0v) is 10.9. The van der Waals surface area contributed by atoms with Gasteiger partial charge in [-0.1, -0.05) is 30.0 Å². The Morgan fingerprint density at radius 2 is 1.95 bits per heavy atom. The summed E-state index contributed by atoms with van der Waals surface area (Å²) in [5.41, 5.74) is 1.58. The molecule has 19 heavy (non-hydrogen) atoms. The number of nitrogens with one attached hydrogen (secondary N) is 1. The summed E-state index contributed by atoms with van der Waals surface area (Å²) in [6, 6.07) is 13.1. The monoisotopic (exact) mass is 269 g/mol. The molecule has 0 aliphatic carbocycles. The predicted molar refractivity (Wildman–Crippen MR) is 76.2 cm³/mol. The zero-order valence-electron chi connectivity index (χ0n) is 10.0. The molecule has 2 aromatic heterocycles. The molecule has 0 fully saturated rings. The first-order valence-corrected chi connectivity index (χ1v) is 6.83. The van der Waals surface area contributed by atoms with Crippen molar-refractivity contribution in [2.45, 2.75) is 10.9 Å². The van der Waals surface area contributed by atoms with Crippen molar-refractivity contribution >= 4 is 22.7 Å². The molecule has 2 heterocycles. The fourth-order valence-corrected chi connectivity index (χ4v) is 2.54. The van der Waals surface area contributed by atoms with Crippen LogP contribution in [-0.4, -0.2) is 15.0 Å². The normalized spacial score (nSPS) is 10.7. The van der Waals surface area contributed by atoms with Crippen LogP contribution >= 0.6 is 11.8 Å². The van der Waals surface area contributed by atoms with E-state index in [2.05, 4.69) is 15.0 Å². The second kappa shape index (κ2) is 5.24. The van der Waals surface area contributed by atoms with Gasteiger partial charge in [-0.3, -0.25) is 9.78 Å². The Balaban J connectivity index is 1.88. The van der Waals surface area contributed by atoms with Gasteiger partial charge in [0.2, 0.25) is 0 Å². The van der Waals surface area contributed by atoms with Crippen LogP contribution in [-0.2, 0) is 5.75 Å². The van der Waals surface area contributed by atoms with E-state index < -0.39 is 0 Å². The quantitative estimate of drug-likeness (QED) is 0.586. The lowest BCUT2D eigenvalue weighted by molar-refractivity contribution is 0.972. The minimum absolute atomic E-state index is 0.103. The first kappa shape index (κ1) is 11.9. The molecule has 0 aliphatic heterocycles. The molecule has 0 saturated carbocycles. The Morgan fingerprint density at radius 3 is 2.79 bits per heavy atom. The molecule has 0 saturated heterocycles. The van der Waals surface area contributed by atoms with Crippen molar-refractivity contribution in [3.8, 4) is 0 Å². The second-order valence-corrected chi connectivity index (χ2v) is 4.96. The van der Waals surface area contributed by atoms with Gasteiger partial charge in [0.1, 0.15) is 0 Å². The maximum atomic E-state index is 11.9. The number of aromatic nitrogens is 3. The number of thioether (sulfide) groups is 1. The average molecular weight is 269 g/mol. The summed E-state index contributed by atoms with van der Waals surface area (Å²) >= 11 is 1.47. The first-order valence-electron chi connectivity index (χ1n) is 5.85. The number of aromatic amines is 1. The molecule has 1 N–H and O–H groups in total. The highest BCUT2D eigenvalue weighted by Gasteiger charge is 2.04. The Kier molecular flexibility index (Phi) is 3.29. The number of pyridine rings is 1. The summed E-state index contributed by atoms with van der Waals surface area (Å²) in [7, 11) is 0. The van der Waals surface area contributed by atoms with Crippen molar-refractivity contribution in [1.82, 2.24) is 15.0 Å². The lowest BCUT2D eigenvalue weighted by atomic mass is 10.2. The minimum Gasteiger partial charge on any atom is -0.301 e. The third-order valence-corrected chi connectivity index (χ3v) is 3.58. The van der Waals surface area contributed by atoms with Gasteiger partial charge in [-0.15, -0.1) is 0 Å². The lowest BCUT2D eigenvalue weighted by Gasteiger charge is -2.02. The molecule has 0 amide bonds. The van der Waals surface area contributed by atoms with Gasteiger partial charge in [0.25, 0.3) is 5.56 Å². The summed E-state index contributed by atoms with van der Waals surface area (Å²) < 4.78 is 0. The van der Waals surface area contributed by atoms with E-state index in [9.17, 15) is 4.79 Å². The molecule has 0 radical (unpaired) electrons. The van der Waals surface area contributed by atoms with Crippen molar-refractivity contribution < 1.29 is 0 Å². The van der Waals surface area contributed by atoms with Crippen LogP contribution in [0.3, 0.4) is 0 Å². The summed E-state index contributed by atoms with van der Waals surface area (Å²) in [5.74, 6) is 0.683. The lowest BCUT2D eigenvalue weighted by Crippen LogP contribution is -2.08. The van der Waals surface area contributed by atoms with Crippen molar-refractivity contribution in [2.75, 3.05) is 0 Å². The van der Waals surface area contributed by atoms with Gasteiger partial charge in [0.15, 0.2) is 5.16 Å². The highest BCUT2D eigenvalue weighted by molar-refractivity contribution is 7.98. The number of para-hydroxylation sites is 1. The predicted octanol–water partition coefficient (Wildman–Crippen LogP) is 2.61. The van der Waals surface area contributed by atoms with Crippen LogP contribution in [0, 0.1) is 0 Å². The van der Waals surface area contributed by atoms with Gasteiger partial charge >= 0.3 is 0 Å². The molecule has 1 aromatic carbocycles. The average Bonchev–Trinajstić information content (AvgIpc) is 2.46. The molecule has 0 unspecified atom stereocenters. The maximum absolute atomic E-state index is 11.9. The number of H-pyrrole nitrogens is 1. The highest BCUT2D eigenvalue weighted by atomic mass is 32.2. The van der Waals surface area contributed by atoms with Gasteiger partial charge in [0.05, 0.1) is 16.6 Å². The molecule has 0 atom stereocenters. The van der Waals surface area contributed by atoms with Crippen LogP contribution in [0.1, 0.15) is 5.69 Å². The largest absolute Gasteiger partial charge is 0.301 e. The number of benzene rings is 1. The first-order chi connectivity index (χ1) is 9.33. The van der Waals surface area contributed by atoms with Crippen molar-refractivity contribution in [2.24, 2.45) is 0 Å². The summed E-state index contributed by atoms with van der Waals surface area (Å²) in [4.78, 5) is 23.3. The van der Waals surface area contributed by atoms with Gasteiger partial charge in [-0.2, -0.15) is 0 Å². The van der Waals surface area contributed by atoms with Crippen molar-refractivity contribution in [3.05, 3.63) is 64.7 Å². The third kappa shape index (κ3) is 2.66. The van der Waals surface area contributed by atoms with E-state index in [0.29, 0.717) is 16.3 Å². The Labute approximate surface area is 113 Å². The fraction of sp³-hybridized carbons (Fsp3) is 0.0714. The number of fused-ring (bicyclic) bond motifs is 1. The Hall–Kier alpha value is -2.14. The van der Waals surface area contributed by atoms with Crippen LogP contribution in [0.2, 0.25) is 0 Å². The van der Waals surface area contributed by atoms with Gasteiger partial charge in [-0.25, -0.2) is 4.98 Å². The molecule has 4 nitrogen and oxygen atoms in total. The standard InChI is InChI=1S/C14H11N3OS/c18-13-11-6-1-2-7-12(11)16-14(17-13)19-9-10-5-3-4-8-15-10/h1-8H,9H2,(H,16,17,18). The number of rotatable bonds is 3. The third-order valence-electron chi connectivity index (χ3n) is 2.67. The highest BCUT2D eigenvalue weighted by Crippen LogP contribution is 2.18. The van der Waals surface area contributed by atoms with E-state index in [0.717, 1.165) is 11.2 Å². The topological polar surface area (TPSA) is 58.6 Å². The molecule has 3 aromatic rings. The van der Waals surface area contributed by atoms with Crippen LogP contribution in [0.25, 0.3) is 10.9 Å². The van der Waals surface area contributed by atoms with Crippen LogP contribution in [0.4, 0.5) is 0 Å². The van der Waals surface area contributed by atoms with E-state index in [1.165, 1.54) is 11.8 Å². The van der Waals surface area contributed by atoms with Crippen molar-refractivity contribution in [3.63, 3.8) is 0 Å². The molecular weight excluding hydrogens is 258 g/mol. The molecule has 0 spiro atoms. The fourth-order valence-electron chi connectivity index (χ4n) is 1.76. The zero-order chi connectivity index (χ0) is 13.1. The molecule has 0 bridgehead atoms. The minimum atomic E-state index is -0.103. The maximum Gasteiger partial charge on any atom is 0.259 e.